The highest BCUT2D eigenvalue weighted by Crippen LogP contribution is 2.28. The number of hydrogen-bond donors (Lipinski definition) is 2. The van der Waals surface area contributed by atoms with Crippen LogP contribution in [0, 0.1) is 12.8 Å². The van der Waals surface area contributed by atoms with E-state index in [-0.39, 0.29) is 18.2 Å². The number of fused-ring (bicyclic) bond motifs is 1. The Labute approximate surface area is 146 Å². The van der Waals surface area contributed by atoms with Gasteiger partial charge in [-0.2, -0.15) is 5.10 Å². The number of carboxylic acids is 1. The van der Waals surface area contributed by atoms with E-state index in [1.165, 1.54) is 0 Å². The van der Waals surface area contributed by atoms with E-state index in [4.69, 9.17) is 5.11 Å². The maximum atomic E-state index is 12.6. The molecular weight excluding hydrogens is 318 g/mol. The van der Waals surface area contributed by atoms with Gasteiger partial charge >= 0.3 is 5.97 Å². The lowest BCUT2D eigenvalue weighted by Crippen LogP contribution is -2.30. The van der Waals surface area contributed by atoms with E-state index < -0.39 is 5.97 Å². The second kappa shape index (κ2) is 7.09. The molecular formula is C19H23N3O3. The summed E-state index contributed by atoms with van der Waals surface area (Å²) in [6, 6.07) is 8.00. The van der Waals surface area contributed by atoms with Gasteiger partial charge in [0, 0.05) is 24.2 Å². The standard InChI is InChI=1S/C19H23N3O3/c1-12(10-17(23)24)11-20-19(25)18-14-7-5-9-16(14)22(21-18)15-8-4-3-6-13(15)2/h3-4,6,8,12H,5,7,9-11H2,1-2H3,(H,20,25)(H,23,24). The number of aromatic nitrogens is 2. The number of carbonyl (C=O) groups excluding carboxylic acids is 1. The number of amides is 1. The van der Waals surface area contributed by atoms with Crippen LogP contribution in [0.2, 0.25) is 0 Å². The van der Waals surface area contributed by atoms with Gasteiger partial charge in [0.1, 0.15) is 0 Å². The highest BCUT2D eigenvalue weighted by Gasteiger charge is 2.27. The van der Waals surface area contributed by atoms with Gasteiger partial charge in [-0.3, -0.25) is 9.59 Å². The van der Waals surface area contributed by atoms with Crippen molar-refractivity contribution in [2.24, 2.45) is 5.92 Å². The number of nitrogens with one attached hydrogen (secondary N) is 1. The Morgan fingerprint density at radius 2 is 2.08 bits per heavy atom. The number of benzene rings is 1. The first-order chi connectivity index (χ1) is 12.0. The number of carboxylic acid groups (broad SMARTS) is 1. The van der Waals surface area contributed by atoms with Crippen LogP contribution in [-0.4, -0.2) is 33.3 Å². The van der Waals surface area contributed by atoms with Gasteiger partial charge in [0.15, 0.2) is 5.69 Å². The van der Waals surface area contributed by atoms with E-state index in [0.29, 0.717) is 12.2 Å². The number of hydrogen-bond acceptors (Lipinski definition) is 3. The molecule has 1 aliphatic carbocycles. The van der Waals surface area contributed by atoms with Gasteiger partial charge in [0.2, 0.25) is 0 Å². The maximum Gasteiger partial charge on any atom is 0.303 e. The number of aliphatic carboxylic acids is 1. The molecule has 6 heteroatoms. The summed E-state index contributed by atoms with van der Waals surface area (Å²) in [5.74, 6) is -1.19. The Kier molecular flexibility index (Phi) is 4.88. The van der Waals surface area contributed by atoms with Gasteiger partial charge in [-0.25, -0.2) is 4.68 Å². The van der Waals surface area contributed by atoms with Crippen LogP contribution >= 0.6 is 0 Å². The van der Waals surface area contributed by atoms with Crippen molar-refractivity contribution in [3.05, 3.63) is 46.8 Å². The first-order valence-electron chi connectivity index (χ1n) is 8.64. The minimum atomic E-state index is -0.855. The largest absolute Gasteiger partial charge is 0.481 e. The predicted molar refractivity (Wildman–Crippen MR) is 94.1 cm³/mol. The fourth-order valence-corrected chi connectivity index (χ4v) is 3.34. The Morgan fingerprint density at radius 3 is 2.80 bits per heavy atom. The third-order valence-electron chi connectivity index (χ3n) is 4.62. The molecule has 0 saturated carbocycles. The zero-order valence-electron chi connectivity index (χ0n) is 14.6. The number of nitrogens with zero attached hydrogens (tertiary/aromatic N) is 2. The van der Waals surface area contributed by atoms with Crippen molar-refractivity contribution in [2.45, 2.75) is 39.5 Å². The van der Waals surface area contributed by atoms with Crippen molar-refractivity contribution in [3.8, 4) is 5.69 Å². The lowest BCUT2D eigenvalue weighted by atomic mass is 10.1. The molecule has 0 spiro atoms. The summed E-state index contributed by atoms with van der Waals surface area (Å²) in [6.07, 6.45) is 2.83. The molecule has 1 atom stereocenters. The highest BCUT2D eigenvalue weighted by molar-refractivity contribution is 5.94. The molecule has 1 amide bonds. The molecule has 2 N–H and O–H groups in total. The van der Waals surface area contributed by atoms with Crippen molar-refractivity contribution >= 4 is 11.9 Å². The molecule has 1 aromatic carbocycles. The van der Waals surface area contributed by atoms with Crippen LogP contribution in [0.15, 0.2) is 24.3 Å². The first kappa shape index (κ1) is 17.2. The van der Waals surface area contributed by atoms with Crippen molar-refractivity contribution in [1.29, 1.82) is 0 Å². The Hall–Kier alpha value is -2.63. The molecule has 1 heterocycles. The molecule has 1 aliphatic rings. The van der Waals surface area contributed by atoms with Crippen molar-refractivity contribution in [3.63, 3.8) is 0 Å². The molecule has 0 bridgehead atoms. The van der Waals surface area contributed by atoms with Gasteiger partial charge in [0.05, 0.1) is 5.69 Å². The summed E-state index contributed by atoms with van der Waals surface area (Å²) in [7, 11) is 0. The Balaban J connectivity index is 1.83. The van der Waals surface area contributed by atoms with Gasteiger partial charge in [-0.15, -0.1) is 0 Å². The van der Waals surface area contributed by atoms with Gasteiger partial charge < -0.3 is 10.4 Å². The van der Waals surface area contributed by atoms with E-state index in [0.717, 1.165) is 41.8 Å². The van der Waals surface area contributed by atoms with Crippen LogP contribution in [0.4, 0.5) is 0 Å². The third kappa shape index (κ3) is 3.57. The summed E-state index contributed by atoms with van der Waals surface area (Å²) >= 11 is 0. The van der Waals surface area contributed by atoms with Crippen LogP contribution in [0.3, 0.4) is 0 Å². The summed E-state index contributed by atoms with van der Waals surface area (Å²) in [5, 5.41) is 16.2. The second-order valence-electron chi connectivity index (χ2n) is 6.74. The fraction of sp³-hybridized carbons (Fsp3) is 0.421. The molecule has 1 unspecified atom stereocenters. The van der Waals surface area contributed by atoms with Crippen molar-refractivity contribution in [2.75, 3.05) is 6.54 Å². The zero-order valence-corrected chi connectivity index (χ0v) is 14.6. The van der Waals surface area contributed by atoms with Gasteiger partial charge in [0.25, 0.3) is 5.91 Å². The fourth-order valence-electron chi connectivity index (χ4n) is 3.34. The van der Waals surface area contributed by atoms with Gasteiger partial charge in [-0.05, 0) is 43.7 Å². The predicted octanol–water partition coefficient (Wildman–Crippen LogP) is 2.51. The molecule has 25 heavy (non-hydrogen) atoms. The first-order valence-corrected chi connectivity index (χ1v) is 8.64. The zero-order chi connectivity index (χ0) is 18.0. The van der Waals surface area contributed by atoms with E-state index in [1.54, 1.807) is 0 Å². The summed E-state index contributed by atoms with van der Waals surface area (Å²) in [5.41, 5.74) is 4.71. The lowest BCUT2D eigenvalue weighted by molar-refractivity contribution is -0.137. The SMILES string of the molecule is Cc1ccccc1-n1nc(C(=O)NCC(C)CC(=O)O)c2c1CCC2. The molecule has 3 rings (SSSR count). The molecule has 0 saturated heterocycles. The van der Waals surface area contributed by atoms with E-state index in [9.17, 15) is 9.59 Å². The molecule has 132 valence electrons. The highest BCUT2D eigenvalue weighted by atomic mass is 16.4. The minimum Gasteiger partial charge on any atom is -0.481 e. The monoisotopic (exact) mass is 341 g/mol. The number of aryl methyl sites for hydroxylation is 1. The Morgan fingerprint density at radius 1 is 1.32 bits per heavy atom. The van der Waals surface area contributed by atoms with Crippen LogP contribution < -0.4 is 5.32 Å². The maximum absolute atomic E-state index is 12.6. The number of rotatable bonds is 6. The average molecular weight is 341 g/mol. The van der Waals surface area contributed by atoms with Crippen LogP contribution in [0.5, 0.6) is 0 Å². The van der Waals surface area contributed by atoms with Crippen LogP contribution in [0.25, 0.3) is 5.69 Å². The van der Waals surface area contributed by atoms with Gasteiger partial charge in [-0.1, -0.05) is 25.1 Å². The molecule has 0 aliphatic heterocycles. The summed E-state index contributed by atoms with van der Waals surface area (Å²) in [6.45, 7) is 4.17. The third-order valence-corrected chi connectivity index (χ3v) is 4.62. The van der Waals surface area contributed by atoms with Crippen molar-refractivity contribution in [1.82, 2.24) is 15.1 Å². The molecule has 1 aromatic heterocycles. The second-order valence-corrected chi connectivity index (χ2v) is 6.74. The normalized spacial score (nSPS) is 14.2. The van der Waals surface area contributed by atoms with E-state index in [1.807, 2.05) is 42.8 Å². The molecule has 2 aromatic rings. The van der Waals surface area contributed by atoms with E-state index >= 15 is 0 Å². The van der Waals surface area contributed by atoms with Crippen molar-refractivity contribution < 1.29 is 14.7 Å². The molecule has 6 nitrogen and oxygen atoms in total. The van der Waals surface area contributed by atoms with Crippen LogP contribution in [0.1, 0.15) is 47.1 Å². The minimum absolute atomic E-state index is 0.0377. The van der Waals surface area contributed by atoms with E-state index in [2.05, 4.69) is 10.4 Å². The quantitative estimate of drug-likeness (QED) is 0.845. The summed E-state index contributed by atoms with van der Waals surface area (Å²) in [4.78, 5) is 23.3. The lowest BCUT2D eigenvalue weighted by Gasteiger charge is -2.10. The smallest absolute Gasteiger partial charge is 0.303 e. The van der Waals surface area contributed by atoms with Crippen LogP contribution in [-0.2, 0) is 17.6 Å². The topological polar surface area (TPSA) is 84.2 Å². The Bertz CT molecular complexity index is 810. The molecule has 0 fully saturated rings. The molecule has 0 radical (unpaired) electrons. The summed E-state index contributed by atoms with van der Waals surface area (Å²) < 4.78 is 1.90. The number of carbonyl (C=O) groups is 2. The number of para-hydroxylation sites is 1. The average Bonchev–Trinajstić information content (AvgIpc) is 3.15.